The summed E-state index contributed by atoms with van der Waals surface area (Å²) in [4.78, 5) is 26.5. The molecule has 0 bridgehead atoms. The Bertz CT molecular complexity index is 619. The third-order valence-electron chi connectivity index (χ3n) is 3.92. The fraction of sp³-hybridized carbons (Fsp3) is 0.294. The number of likely N-dealkylation sites (tertiary alicyclic amines) is 1. The molecule has 0 N–H and O–H groups in total. The SMILES string of the molecule is O=C(C[C@@H]1CCCN1C(=O)c1ccoc1)c1ccccc1. The highest BCUT2D eigenvalue weighted by Crippen LogP contribution is 2.24. The van der Waals surface area contributed by atoms with E-state index in [1.807, 2.05) is 30.3 Å². The summed E-state index contributed by atoms with van der Waals surface area (Å²) in [6.07, 6.45) is 5.15. The molecule has 1 atom stereocenters. The van der Waals surface area contributed by atoms with Crippen LogP contribution in [0.4, 0.5) is 0 Å². The van der Waals surface area contributed by atoms with Gasteiger partial charge in [0.15, 0.2) is 5.78 Å². The van der Waals surface area contributed by atoms with E-state index in [0.29, 0.717) is 24.1 Å². The van der Waals surface area contributed by atoms with Gasteiger partial charge in [0.05, 0.1) is 11.8 Å². The average Bonchev–Trinajstić information content (AvgIpc) is 3.19. The summed E-state index contributed by atoms with van der Waals surface area (Å²) in [6, 6.07) is 10.9. The van der Waals surface area contributed by atoms with Crippen molar-refractivity contribution in [3.63, 3.8) is 0 Å². The Kier molecular flexibility index (Phi) is 3.86. The molecule has 0 radical (unpaired) electrons. The Hall–Kier alpha value is -2.36. The van der Waals surface area contributed by atoms with Gasteiger partial charge in [-0.25, -0.2) is 0 Å². The number of hydrogen-bond donors (Lipinski definition) is 0. The van der Waals surface area contributed by atoms with Crippen LogP contribution in [0.5, 0.6) is 0 Å². The van der Waals surface area contributed by atoms with Crippen molar-refractivity contribution in [2.75, 3.05) is 6.54 Å². The van der Waals surface area contributed by atoms with Crippen LogP contribution in [0.25, 0.3) is 0 Å². The number of ketones is 1. The van der Waals surface area contributed by atoms with Crippen LogP contribution in [0.1, 0.15) is 40.0 Å². The molecule has 2 heterocycles. The lowest BCUT2D eigenvalue weighted by Crippen LogP contribution is -2.36. The van der Waals surface area contributed by atoms with Gasteiger partial charge in [-0.1, -0.05) is 30.3 Å². The maximum Gasteiger partial charge on any atom is 0.257 e. The van der Waals surface area contributed by atoms with Crippen LogP contribution in [0, 0.1) is 0 Å². The minimum Gasteiger partial charge on any atom is -0.472 e. The van der Waals surface area contributed by atoms with Crippen molar-refractivity contribution in [1.29, 1.82) is 0 Å². The molecule has 4 nitrogen and oxygen atoms in total. The number of Topliss-reactive ketones (excluding diaryl/α,β-unsaturated/α-hetero) is 1. The van der Waals surface area contributed by atoms with Crippen LogP contribution in [0.15, 0.2) is 53.3 Å². The zero-order valence-electron chi connectivity index (χ0n) is 11.7. The molecular formula is C17H17NO3. The van der Waals surface area contributed by atoms with E-state index >= 15 is 0 Å². The lowest BCUT2D eigenvalue weighted by atomic mass is 10.0. The van der Waals surface area contributed by atoms with Crippen molar-refractivity contribution < 1.29 is 14.0 Å². The molecule has 0 unspecified atom stereocenters. The second-order valence-electron chi connectivity index (χ2n) is 5.30. The number of rotatable bonds is 4. The van der Waals surface area contributed by atoms with E-state index in [4.69, 9.17) is 4.42 Å². The Morgan fingerprint density at radius 3 is 2.67 bits per heavy atom. The van der Waals surface area contributed by atoms with Crippen molar-refractivity contribution in [3.8, 4) is 0 Å². The molecule has 1 fully saturated rings. The molecular weight excluding hydrogens is 266 g/mol. The van der Waals surface area contributed by atoms with Crippen molar-refractivity contribution in [3.05, 3.63) is 60.1 Å². The van der Waals surface area contributed by atoms with Crippen LogP contribution in [0.3, 0.4) is 0 Å². The zero-order chi connectivity index (χ0) is 14.7. The number of carbonyl (C=O) groups is 2. The van der Waals surface area contributed by atoms with Crippen LogP contribution < -0.4 is 0 Å². The van der Waals surface area contributed by atoms with Gasteiger partial charge in [0, 0.05) is 24.6 Å². The second-order valence-corrected chi connectivity index (χ2v) is 5.30. The van der Waals surface area contributed by atoms with Crippen LogP contribution >= 0.6 is 0 Å². The second kappa shape index (κ2) is 5.95. The molecule has 3 rings (SSSR count). The molecule has 0 saturated carbocycles. The molecule has 1 aromatic carbocycles. The smallest absolute Gasteiger partial charge is 0.257 e. The first-order valence-electron chi connectivity index (χ1n) is 7.17. The fourth-order valence-electron chi connectivity index (χ4n) is 2.82. The molecule has 0 aliphatic carbocycles. The maximum absolute atomic E-state index is 12.4. The normalized spacial score (nSPS) is 17.9. The summed E-state index contributed by atoms with van der Waals surface area (Å²) in [5.74, 6) is 0.0413. The van der Waals surface area contributed by atoms with E-state index in [1.165, 1.54) is 12.5 Å². The van der Waals surface area contributed by atoms with E-state index in [9.17, 15) is 9.59 Å². The highest BCUT2D eigenvalue weighted by atomic mass is 16.3. The summed E-state index contributed by atoms with van der Waals surface area (Å²) in [6.45, 7) is 0.705. The number of hydrogen-bond acceptors (Lipinski definition) is 3. The van der Waals surface area contributed by atoms with Gasteiger partial charge in [0.2, 0.25) is 0 Å². The summed E-state index contributed by atoms with van der Waals surface area (Å²) in [5.41, 5.74) is 1.26. The first-order valence-corrected chi connectivity index (χ1v) is 7.17. The van der Waals surface area contributed by atoms with Gasteiger partial charge < -0.3 is 9.32 Å². The third kappa shape index (κ3) is 2.89. The Morgan fingerprint density at radius 1 is 1.14 bits per heavy atom. The quantitative estimate of drug-likeness (QED) is 0.810. The molecule has 21 heavy (non-hydrogen) atoms. The van der Waals surface area contributed by atoms with Gasteiger partial charge in [-0.2, -0.15) is 0 Å². The van der Waals surface area contributed by atoms with E-state index in [1.54, 1.807) is 11.0 Å². The molecule has 1 amide bonds. The topological polar surface area (TPSA) is 50.5 Å². The summed E-state index contributed by atoms with van der Waals surface area (Å²) >= 11 is 0. The van der Waals surface area contributed by atoms with E-state index in [-0.39, 0.29) is 17.7 Å². The first kappa shape index (κ1) is 13.6. The van der Waals surface area contributed by atoms with Gasteiger partial charge in [-0.05, 0) is 18.9 Å². The van der Waals surface area contributed by atoms with Crippen LogP contribution in [-0.2, 0) is 0 Å². The predicted octanol–water partition coefficient (Wildman–Crippen LogP) is 3.16. The van der Waals surface area contributed by atoms with Crippen molar-refractivity contribution in [1.82, 2.24) is 4.90 Å². The molecule has 1 saturated heterocycles. The lowest BCUT2D eigenvalue weighted by molar-refractivity contribution is 0.0716. The number of amides is 1. The number of furan rings is 1. The zero-order valence-corrected chi connectivity index (χ0v) is 11.7. The average molecular weight is 283 g/mol. The fourth-order valence-corrected chi connectivity index (χ4v) is 2.82. The van der Waals surface area contributed by atoms with E-state index < -0.39 is 0 Å². The Morgan fingerprint density at radius 2 is 1.95 bits per heavy atom. The predicted molar refractivity (Wildman–Crippen MR) is 78.2 cm³/mol. The summed E-state index contributed by atoms with van der Waals surface area (Å²) in [7, 11) is 0. The van der Waals surface area contributed by atoms with Gasteiger partial charge in [0.25, 0.3) is 5.91 Å². The number of nitrogens with zero attached hydrogens (tertiary/aromatic N) is 1. The molecule has 2 aromatic rings. The highest BCUT2D eigenvalue weighted by Gasteiger charge is 2.31. The van der Waals surface area contributed by atoms with Crippen LogP contribution in [-0.4, -0.2) is 29.2 Å². The van der Waals surface area contributed by atoms with Crippen molar-refractivity contribution in [2.24, 2.45) is 0 Å². The first-order chi connectivity index (χ1) is 10.3. The monoisotopic (exact) mass is 283 g/mol. The van der Waals surface area contributed by atoms with E-state index in [2.05, 4.69) is 0 Å². The van der Waals surface area contributed by atoms with Crippen molar-refractivity contribution in [2.45, 2.75) is 25.3 Å². The molecule has 108 valence electrons. The van der Waals surface area contributed by atoms with Gasteiger partial charge in [-0.3, -0.25) is 9.59 Å². The standard InChI is InChI=1S/C17H17NO3/c19-16(13-5-2-1-3-6-13)11-15-7-4-9-18(15)17(20)14-8-10-21-12-14/h1-3,5-6,8,10,12,15H,4,7,9,11H2/t15-/m0/s1. The molecule has 1 aliphatic heterocycles. The maximum atomic E-state index is 12.4. The summed E-state index contributed by atoms with van der Waals surface area (Å²) in [5, 5.41) is 0. The van der Waals surface area contributed by atoms with Gasteiger partial charge in [-0.15, -0.1) is 0 Å². The minimum absolute atomic E-state index is 0.0138. The highest BCUT2D eigenvalue weighted by molar-refractivity contribution is 5.98. The largest absolute Gasteiger partial charge is 0.472 e. The van der Waals surface area contributed by atoms with Gasteiger partial charge in [0.1, 0.15) is 6.26 Å². The molecule has 0 spiro atoms. The van der Waals surface area contributed by atoms with Crippen molar-refractivity contribution >= 4 is 11.7 Å². The lowest BCUT2D eigenvalue weighted by Gasteiger charge is -2.23. The molecule has 1 aromatic heterocycles. The van der Waals surface area contributed by atoms with E-state index in [0.717, 1.165) is 12.8 Å². The number of benzene rings is 1. The Balaban J connectivity index is 1.70. The van der Waals surface area contributed by atoms with Gasteiger partial charge >= 0.3 is 0 Å². The number of carbonyl (C=O) groups excluding carboxylic acids is 2. The molecule has 4 heteroatoms. The summed E-state index contributed by atoms with van der Waals surface area (Å²) < 4.78 is 4.97. The minimum atomic E-state index is -0.0490. The van der Waals surface area contributed by atoms with Crippen LogP contribution in [0.2, 0.25) is 0 Å². The molecule has 1 aliphatic rings. The third-order valence-corrected chi connectivity index (χ3v) is 3.92. The Labute approximate surface area is 123 Å².